The summed E-state index contributed by atoms with van der Waals surface area (Å²) < 4.78 is 7.43. The summed E-state index contributed by atoms with van der Waals surface area (Å²) in [7, 11) is 1.68. The van der Waals surface area contributed by atoms with E-state index < -0.39 is 0 Å². The van der Waals surface area contributed by atoms with E-state index in [-0.39, 0.29) is 17.5 Å². The van der Waals surface area contributed by atoms with Gasteiger partial charge in [0.05, 0.1) is 12.6 Å². The van der Waals surface area contributed by atoms with E-state index in [0.717, 1.165) is 23.4 Å². The van der Waals surface area contributed by atoms with E-state index in [4.69, 9.17) is 4.74 Å². The third kappa shape index (κ3) is 5.82. The topological polar surface area (TPSA) is 67.0 Å². The van der Waals surface area contributed by atoms with Crippen molar-refractivity contribution < 1.29 is 9.53 Å². The van der Waals surface area contributed by atoms with E-state index in [1.807, 2.05) is 44.2 Å². The molecule has 0 fully saturated rings. The highest BCUT2D eigenvalue weighted by Gasteiger charge is 2.16. The molecule has 1 amide bonds. The monoisotopic (exact) mass is 393 g/mol. The molecule has 1 aromatic heterocycles. The van der Waals surface area contributed by atoms with Crippen molar-refractivity contribution in [2.45, 2.75) is 46.1 Å². The van der Waals surface area contributed by atoms with Crippen molar-refractivity contribution in [1.29, 1.82) is 5.26 Å². The summed E-state index contributed by atoms with van der Waals surface area (Å²) in [6, 6.07) is 14.4. The van der Waals surface area contributed by atoms with Crippen LogP contribution in [0.2, 0.25) is 0 Å². The van der Waals surface area contributed by atoms with E-state index in [2.05, 4.69) is 35.9 Å². The van der Waals surface area contributed by atoms with E-state index >= 15 is 0 Å². The van der Waals surface area contributed by atoms with Crippen LogP contribution in [0.3, 0.4) is 0 Å². The van der Waals surface area contributed by atoms with Crippen LogP contribution in [-0.4, -0.2) is 30.7 Å². The normalized spacial score (nSPS) is 13.6. The van der Waals surface area contributed by atoms with Crippen molar-refractivity contribution >= 4 is 12.0 Å². The number of methoxy groups -OCH3 is 1. The number of nitrogens with one attached hydrogen (secondary N) is 1. The first-order valence-electron chi connectivity index (χ1n) is 10.0. The van der Waals surface area contributed by atoms with Gasteiger partial charge in [-0.1, -0.05) is 37.3 Å². The smallest absolute Gasteiger partial charge is 0.261 e. The summed E-state index contributed by atoms with van der Waals surface area (Å²) in [4.78, 5) is 12.5. The van der Waals surface area contributed by atoms with Crippen molar-refractivity contribution in [1.82, 2.24) is 9.88 Å². The minimum Gasteiger partial charge on any atom is -0.383 e. The molecular formula is C24H31N3O2. The predicted molar refractivity (Wildman–Crippen MR) is 117 cm³/mol. The fourth-order valence-electron chi connectivity index (χ4n) is 3.69. The van der Waals surface area contributed by atoms with Crippen LogP contribution in [0.15, 0.2) is 42.0 Å². The molecule has 0 bridgehead atoms. The van der Waals surface area contributed by atoms with Gasteiger partial charge in [-0.25, -0.2) is 0 Å². The molecule has 154 valence electrons. The van der Waals surface area contributed by atoms with Gasteiger partial charge < -0.3 is 14.6 Å². The number of aryl methyl sites for hydroxylation is 1. The Morgan fingerprint density at radius 1 is 1.28 bits per heavy atom. The first kappa shape index (κ1) is 22.4. The fraction of sp³-hybridized carbons (Fsp3) is 0.417. The number of hydrogen-bond donors (Lipinski definition) is 1. The summed E-state index contributed by atoms with van der Waals surface area (Å²) in [5.41, 5.74) is 4.35. The van der Waals surface area contributed by atoms with Gasteiger partial charge in [0.1, 0.15) is 11.6 Å². The quantitative estimate of drug-likeness (QED) is 0.503. The van der Waals surface area contributed by atoms with Gasteiger partial charge in [-0.15, -0.1) is 0 Å². The highest BCUT2D eigenvalue weighted by molar-refractivity contribution is 6.01. The van der Waals surface area contributed by atoms with Crippen LogP contribution in [-0.2, 0) is 9.53 Å². The molecule has 5 nitrogen and oxygen atoms in total. The summed E-state index contributed by atoms with van der Waals surface area (Å²) in [6.07, 6.45) is 2.49. The number of nitrogens with zero attached hydrogens (tertiary/aromatic N) is 2. The lowest BCUT2D eigenvalue weighted by atomic mass is 9.98. The third-order valence-corrected chi connectivity index (χ3v) is 5.27. The van der Waals surface area contributed by atoms with Crippen molar-refractivity contribution in [2.24, 2.45) is 0 Å². The summed E-state index contributed by atoms with van der Waals surface area (Å²) in [5.74, 6) is 0.00900. The molecule has 0 spiro atoms. The molecule has 5 heteroatoms. The zero-order valence-electron chi connectivity index (χ0n) is 18.0. The van der Waals surface area contributed by atoms with Gasteiger partial charge in [-0.3, -0.25) is 4.79 Å². The zero-order valence-corrected chi connectivity index (χ0v) is 18.0. The van der Waals surface area contributed by atoms with Crippen LogP contribution in [0.5, 0.6) is 0 Å². The maximum absolute atomic E-state index is 12.5. The van der Waals surface area contributed by atoms with E-state index in [9.17, 15) is 10.1 Å². The minimum atomic E-state index is -0.331. The number of hydrogen-bond acceptors (Lipinski definition) is 3. The number of amides is 1. The van der Waals surface area contributed by atoms with E-state index in [1.165, 1.54) is 5.56 Å². The SMILES string of the molecule is COCC(C)n1c(C)cc(/C=C(/C#N)C(=O)NCCC(C)c2ccccc2)c1C. The zero-order chi connectivity index (χ0) is 21.4. The molecule has 2 aromatic rings. The van der Waals surface area contributed by atoms with Gasteiger partial charge in [0, 0.05) is 25.0 Å². The lowest BCUT2D eigenvalue weighted by Gasteiger charge is -2.17. The fourth-order valence-corrected chi connectivity index (χ4v) is 3.69. The van der Waals surface area contributed by atoms with Gasteiger partial charge in [0.25, 0.3) is 5.91 Å². The van der Waals surface area contributed by atoms with Gasteiger partial charge in [-0.2, -0.15) is 5.26 Å². The Labute approximate surface area is 174 Å². The standard InChI is InChI=1S/C24H31N3O2/c1-17(21-9-7-6-8-10-21)11-12-26-24(28)23(15-25)14-22-13-18(2)27(20(22)4)19(3)16-29-5/h6-10,13-14,17,19H,11-12,16H2,1-5H3,(H,26,28)/b23-14-. The minimum absolute atomic E-state index is 0.122. The highest BCUT2D eigenvalue weighted by atomic mass is 16.5. The Kier molecular flexibility index (Phi) is 8.23. The average Bonchev–Trinajstić information content (AvgIpc) is 2.99. The second-order valence-electron chi connectivity index (χ2n) is 7.53. The number of rotatable bonds is 9. The maximum atomic E-state index is 12.5. The Morgan fingerprint density at radius 2 is 1.97 bits per heavy atom. The molecule has 2 atom stereocenters. The molecule has 1 N–H and O–H groups in total. The molecule has 1 aromatic carbocycles. The second kappa shape index (κ2) is 10.6. The molecule has 0 radical (unpaired) electrons. The summed E-state index contributed by atoms with van der Waals surface area (Å²) in [6.45, 7) is 9.37. The van der Waals surface area contributed by atoms with Crippen LogP contribution in [0.4, 0.5) is 0 Å². The molecule has 0 aliphatic heterocycles. The van der Waals surface area contributed by atoms with Crippen molar-refractivity contribution in [2.75, 3.05) is 20.3 Å². The van der Waals surface area contributed by atoms with Crippen LogP contribution in [0, 0.1) is 25.2 Å². The van der Waals surface area contributed by atoms with E-state index in [1.54, 1.807) is 13.2 Å². The van der Waals surface area contributed by atoms with Crippen LogP contribution < -0.4 is 5.32 Å². The molecule has 29 heavy (non-hydrogen) atoms. The molecule has 1 heterocycles. The molecule has 0 aliphatic rings. The molecule has 0 saturated carbocycles. The largest absolute Gasteiger partial charge is 0.383 e. The van der Waals surface area contributed by atoms with Crippen LogP contribution in [0.25, 0.3) is 6.08 Å². The predicted octanol–water partition coefficient (Wildman–Crippen LogP) is 4.53. The number of nitriles is 1. The first-order chi connectivity index (χ1) is 13.9. The van der Waals surface area contributed by atoms with Crippen molar-refractivity contribution in [3.63, 3.8) is 0 Å². The molecule has 2 rings (SSSR count). The van der Waals surface area contributed by atoms with Gasteiger partial charge in [-0.05, 0) is 56.4 Å². The number of aromatic nitrogens is 1. The Balaban J connectivity index is 2.05. The Bertz CT molecular complexity index is 891. The molecule has 2 unspecified atom stereocenters. The summed E-state index contributed by atoms with van der Waals surface area (Å²) in [5, 5.41) is 12.4. The summed E-state index contributed by atoms with van der Waals surface area (Å²) >= 11 is 0. The van der Waals surface area contributed by atoms with E-state index in [0.29, 0.717) is 19.1 Å². The molecule has 0 aliphatic carbocycles. The van der Waals surface area contributed by atoms with Crippen molar-refractivity contribution in [3.8, 4) is 6.07 Å². The van der Waals surface area contributed by atoms with Crippen molar-refractivity contribution in [3.05, 3.63) is 64.5 Å². The Morgan fingerprint density at radius 3 is 2.59 bits per heavy atom. The van der Waals surface area contributed by atoms with Crippen LogP contribution >= 0.6 is 0 Å². The highest BCUT2D eigenvalue weighted by Crippen LogP contribution is 2.23. The van der Waals surface area contributed by atoms with Crippen LogP contribution in [0.1, 0.15) is 54.7 Å². The number of benzene rings is 1. The van der Waals surface area contributed by atoms with Gasteiger partial charge in [0.2, 0.25) is 0 Å². The first-order valence-corrected chi connectivity index (χ1v) is 10.0. The number of carbonyl (C=O) groups is 1. The maximum Gasteiger partial charge on any atom is 0.261 e. The second-order valence-corrected chi connectivity index (χ2v) is 7.53. The van der Waals surface area contributed by atoms with Gasteiger partial charge in [0.15, 0.2) is 0 Å². The average molecular weight is 394 g/mol. The number of ether oxygens (including phenoxy) is 1. The molecular weight excluding hydrogens is 362 g/mol. The molecule has 0 saturated heterocycles. The van der Waals surface area contributed by atoms with Gasteiger partial charge >= 0.3 is 0 Å². The third-order valence-electron chi connectivity index (χ3n) is 5.27. The lowest BCUT2D eigenvalue weighted by Crippen LogP contribution is -2.26. The lowest BCUT2D eigenvalue weighted by molar-refractivity contribution is -0.117. The number of carbonyl (C=O) groups excluding carboxylic acids is 1. The Hall–Kier alpha value is -2.84.